The fourth-order valence-corrected chi connectivity index (χ4v) is 5.58. The first kappa shape index (κ1) is 13.1. The fraction of sp³-hybridized carbons (Fsp3) is 0.526. The van der Waals surface area contributed by atoms with Gasteiger partial charge in [0.05, 0.1) is 12.5 Å². The summed E-state index contributed by atoms with van der Waals surface area (Å²) in [5.74, 6) is 0.987. The first-order valence-electron chi connectivity index (χ1n) is 7.91. The number of benzene rings is 1. The molecule has 1 aromatic carbocycles. The summed E-state index contributed by atoms with van der Waals surface area (Å²) in [6.45, 7) is 4.34. The van der Waals surface area contributed by atoms with E-state index in [0.29, 0.717) is 11.8 Å². The van der Waals surface area contributed by atoms with Crippen molar-refractivity contribution in [3.05, 3.63) is 48.0 Å². The van der Waals surface area contributed by atoms with E-state index < -0.39 is 0 Å². The minimum atomic E-state index is -0.266. The molecule has 4 aliphatic carbocycles. The number of allylic oxidation sites excluding steroid dienone is 1. The van der Waals surface area contributed by atoms with Gasteiger partial charge in [-0.25, -0.2) is 0 Å². The average Bonchev–Trinajstić information content (AvgIpc) is 2.51. The lowest BCUT2D eigenvalue weighted by Crippen LogP contribution is -2.57. The van der Waals surface area contributed by atoms with Gasteiger partial charge in [0.25, 0.3) is 0 Å². The van der Waals surface area contributed by atoms with Crippen molar-refractivity contribution in [3.63, 3.8) is 0 Å². The standard InChI is InChI=1S/C19H22O2/c1-13-14-8-18(16-6-4-3-5-7-16)9-15(13)11-19(10-14,12-18)17(20)21-2/h3-7,14-15H,1,8-12H2,2H3. The van der Waals surface area contributed by atoms with Gasteiger partial charge in [-0.3, -0.25) is 4.79 Å². The fourth-order valence-electron chi connectivity index (χ4n) is 5.58. The Balaban J connectivity index is 1.81. The Morgan fingerprint density at radius 1 is 1.14 bits per heavy atom. The Labute approximate surface area is 126 Å². The quantitative estimate of drug-likeness (QED) is 0.608. The van der Waals surface area contributed by atoms with Crippen LogP contribution in [0.3, 0.4) is 0 Å². The van der Waals surface area contributed by atoms with Gasteiger partial charge in [0.2, 0.25) is 0 Å². The smallest absolute Gasteiger partial charge is 0.311 e. The molecule has 0 amide bonds. The molecule has 2 atom stereocenters. The van der Waals surface area contributed by atoms with Crippen LogP contribution in [0.5, 0.6) is 0 Å². The number of carbonyl (C=O) groups excluding carboxylic acids is 1. The van der Waals surface area contributed by atoms with Crippen LogP contribution in [0, 0.1) is 17.3 Å². The predicted molar refractivity (Wildman–Crippen MR) is 81.8 cm³/mol. The lowest BCUT2D eigenvalue weighted by atomic mass is 9.42. The van der Waals surface area contributed by atoms with Crippen molar-refractivity contribution in [2.75, 3.05) is 7.11 Å². The first-order valence-corrected chi connectivity index (χ1v) is 7.91. The maximum atomic E-state index is 12.5. The van der Waals surface area contributed by atoms with Crippen LogP contribution in [-0.2, 0) is 14.9 Å². The highest BCUT2D eigenvalue weighted by Gasteiger charge is 2.62. The second-order valence-corrected chi connectivity index (χ2v) is 7.38. The van der Waals surface area contributed by atoms with Crippen LogP contribution < -0.4 is 0 Å². The van der Waals surface area contributed by atoms with Gasteiger partial charge in [-0.2, -0.15) is 0 Å². The number of hydrogen-bond donors (Lipinski definition) is 0. The third kappa shape index (κ3) is 1.68. The molecular weight excluding hydrogens is 260 g/mol. The minimum Gasteiger partial charge on any atom is -0.469 e. The second kappa shape index (κ2) is 4.22. The van der Waals surface area contributed by atoms with Crippen LogP contribution in [0.2, 0.25) is 0 Å². The maximum absolute atomic E-state index is 12.5. The summed E-state index contributed by atoms with van der Waals surface area (Å²) in [5, 5.41) is 0. The molecule has 1 aromatic rings. The van der Waals surface area contributed by atoms with Gasteiger partial charge in [0, 0.05) is 0 Å². The summed E-state index contributed by atoms with van der Waals surface area (Å²) in [7, 11) is 1.53. The SMILES string of the molecule is C=C1C2CC3(C(=O)OC)CC1CC(c1ccccc1)(C2)C3. The van der Waals surface area contributed by atoms with E-state index >= 15 is 0 Å². The molecule has 0 spiro atoms. The van der Waals surface area contributed by atoms with Gasteiger partial charge in [0.15, 0.2) is 0 Å². The number of esters is 1. The molecule has 4 fully saturated rings. The van der Waals surface area contributed by atoms with E-state index in [4.69, 9.17) is 4.74 Å². The Hall–Kier alpha value is -1.57. The molecule has 0 radical (unpaired) electrons. The van der Waals surface area contributed by atoms with Crippen LogP contribution in [0.4, 0.5) is 0 Å². The van der Waals surface area contributed by atoms with Crippen LogP contribution in [0.25, 0.3) is 0 Å². The molecule has 0 heterocycles. The average molecular weight is 282 g/mol. The number of hydrogen-bond acceptors (Lipinski definition) is 2. The molecule has 110 valence electrons. The first-order chi connectivity index (χ1) is 10.1. The van der Waals surface area contributed by atoms with E-state index in [2.05, 4.69) is 36.9 Å². The van der Waals surface area contributed by atoms with Crippen LogP contribution in [-0.4, -0.2) is 13.1 Å². The molecule has 2 heteroatoms. The molecule has 0 aliphatic heterocycles. The Morgan fingerprint density at radius 2 is 1.76 bits per heavy atom. The maximum Gasteiger partial charge on any atom is 0.311 e. The zero-order valence-corrected chi connectivity index (χ0v) is 12.6. The minimum absolute atomic E-state index is 0.00436. The second-order valence-electron chi connectivity index (χ2n) is 7.38. The lowest BCUT2D eigenvalue weighted by molar-refractivity contribution is -0.166. The molecule has 2 unspecified atom stereocenters. The molecule has 4 bridgehead atoms. The summed E-state index contributed by atoms with van der Waals surface area (Å²) >= 11 is 0. The molecule has 21 heavy (non-hydrogen) atoms. The van der Waals surface area contributed by atoms with Crippen molar-refractivity contribution in [2.24, 2.45) is 17.3 Å². The van der Waals surface area contributed by atoms with Gasteiger partial charge in [-0.05, 0) is 54.9 Å². The highest BCUT2D eigenvalue weighted by molar-refractivity contribution is 5.78. The largest absolute Gasteiger partial charge is 0.469 e. The van der Waals surface area contributed by atoms with Gasteiger partial charge >= 0.3 is 5.97 Å². The molecule has 5 rings (SSSR count). The summed E-state index contributed by atoms with van der Waals surface area (Å²) in [4.78, 5) is 12.5. The monoisotopic (exact) mass is 282 g/mol. The van der Waals surface area contributed by atoms with E-state index in [1.165, 1.54) is 18.2 Å². The van der Waals surface area contributed by atoms with E-state index in [1.807, 2.05) is 0 Å². The normalized spacial score (nSPS) is 40.3. The molecular formula is C19H22O2. The summed E-state index contributed by atoms with van der Waals surface area (Å²) in [6.07, 6.45) is 5.17. The van der Waals surface area contributed by atoms with Gasteiger partial charge in [0.1, 0.15) is 0 Å². The van der Waals surface area contributed by atoms with Gasteiger partial charge < -0.3 is 4.74 Å². The topological polar surface area (TPSA) is 26.3 Å². The van der Waals surface area contributed by atoms with Crippen LogP contribution in [0.15, 0.2) is 42.5 Å². The van der Waals surface area contributed by atoms with Crippen molar-refractivity contribution in [1.82, 2.24) is 0 Å². The van der Waals surface area contributed by atoms with Crippen molar-refractivity contribution in [1.29, 1.82) is 0 Å². The molecule has 0 N–H and O–H groups in total. The van der Waals surface area contributed by atoms with Crippen molar-refractivity contribution < 1.29 is 9.53 Å². The number of carbonyl (C=O) groups is 1. The van der Waals surface area contributed by atoms with Crippen molar-refractivity contribution >= 4 is 5.97 Å². The zero-order chi connectivity index (χ0) is 14.7. The van der Waals surface area contributed by atoms with Crippen molar-refractivity contribution in [3.8, 4) is 0 Å². The van der Waals surface area contributed by atoms with Crippen molar-refractivity contribution in [2.45, 2.75) is 37.5 Å². The van der Waals surface area contributed by atoms with E-state index in [0.717, 1.165) is 32.1 Å². The third-order valence-corrected chi connectivity index (χ3v) is 6.28. The molecule has 4 aliphatic rings. The van der Waals surface area contributed by atoms with E-state index in [-0.39, 0.29) is 16.8 Å². The molecule has 4 saturated carbocycles. The number of methoxy groups -OCH3 is 1. The van der Waals surface area contributed by atoms with Crippen LogP contribution in [0.1, 0.15) is 37.7 Å². The van der Waals surface area contributed by atoms with Gasteiger partial charge in [-0.1, -0.05) is 42.5 Å². The van der Waals surface area contributed by atoms with Gasteiger partial charge in [-0.15, -0.1) is 0 Å². The summed E-state index contributed by atoms with van der Waals surface area (Å²) in [5.41, 5.74) is 2.68. The Bertz CT molecular complexity index is 583. The Morgan fingerprint density at radius 3 is 2.33 bits per heavy atom. The number of ether oxygens (including phenoxy) is 1. The Kier molecular flexibility index (Phi) is 2.64. The molecule has 0 aromatic heterocycles. The molecule has 0 saturated heterocycles. The lowest BCUT2D eigenvalue weighted by Gasteiger charge is -2.62. The van der Waals surface area contributed by atoms with Crippen LogP contribution >= 0.6 is 0 Å². The van der Waals surface area contributed by atoms with E-state index in [9.17, 15) is 4.79 Å². The molecule has 2 nitrogen and oxygen atoms in total. The predicted octanol–water partition coefficient (Wildman–Crippen LogP) is 3.86. The summed E-state index contributed by atoms with van der Waals surface area (Å²) < 4.78 is 5.18. The highest BCUT2D eigenvalue weighted by Crippen LogP contribution is 2.67. The van der Waals surface area contributed by atoms with E-state index in [1.54, 1.807) is 0 Å². The summed E-state index contributed by atoms with van der Waals surface area (Å²) in [6, 6.07) is 10.8. The third-order valence-electron chi connectivity index (χ3n) is 6.28. The number of rotatable bonds is 2. The zero-order valence-electron chi connectivity index (χ0n) is 12.6. The highest BCUT2D eigenvalue weighted by atomic mass is 16.5.